The summed E-state index contributed by atoms with van der Waals surface area (Å²) in [4.78, 5) is 16.9. The summed E-state index contributed by atoms with van der Waals surface area (Å²) in [5.74, 6) is 0.0336. The van der Waals surface area contributed by atoms with Gasteiger partial charge in [0.25, 0.3) is 5.91 Å². The molecule has 2 heterocycles. The molecule has 0 saturated carbocycles. The number of ether oxygens (including phenoxy) is 1. The smallest absolute Gasteiger partial charge is 0.256 e. The van der Waals surface area contributed by atoms with E-state index in [-0.39, 0.29) is 10.5 Å². The van der Waals surface area contributed by atoms with E-state index < -0.39 is 15.9 Å². The monoisotopic (exact) mass is 389 g/mol. The molecule has 3 rings (SSSR count). The molecule has 8 heteroatoms. The molecule has 0 unspecified atom stereocenters. The summed E-state index contributed by atoms with van der Waals surface area (Å²) >= 11 is 0. The maximum Gasteiger partial charge on any atom is 0.256 e. The predicted molar refractivity (Wildman–Crippen MR) is 102 cm³/mol. The number of hydrogen-bond acceptors (Lipinski definition) is 5. The van der Waals surface area contributed by atoms with E-state index in [1.165, 1.54) is 10.4 Å². The van der Waals surface area contributed by atoms with Crippen molar-refractivity contribution in [2.75, 3.05) is 31.6 Å². The van der Waals surface area contributed by atoms with Crippen molar-refractivity contribution in [1.82, 2.24) is 9.29 Å². The van der Waals surface area contributed by atoms with Crippen LogP contribution in [0.3, 0.4) is 0 Å². The van der Waals surface area contributed by atoms with E-state index in [4.69, 9.17) is 4.74 Å². The molecule has 7 nitrogen and oxygen atoms in total. The number of benzene rings is 1. The van der Waals surface area contributed by atoms with E-state index in [9.17, 15) is 13.2 Å². The highest BCUT2D eigenvalue weighted by Crippen LogP contribution is 2.24. The zero-order valence-corrected chi connectivity index (χ0v) is 16.3. The molecule has 1 amide bonds. The number of rotatable bonds is 5. The first-order valence-electron chi connectivity index (χ1n) is 8.86. The van der Waals surface area contributed by atoms with Gasteiger partial charge in [0.05, 0.1) is 18.1 Å². The summed E-state index contributed by atoms with van der Waals surface area (Å²) in [6, 6.07) is 8.38. The molecule has 0 spiro atoms. The summed E-state index contributed by atoms with van der Waals surface area (Å²) in [6.07, 6.45) is 2.17. The van der Waals surface area contributed by atoms with E-state index in [1.54, 1.807) is 24.4 Å². The molecule has 1 saturated heterocycles. The largest absolute Gasteiger partial charge is 0.379 e. The molecule has 1 fully saturated rings. The summed E-state index contributed by atoms with van der Waals surface area (Å²) in [6.45, 7) is 5.18. The lowest BCUT2D eigenvalue weighted by molar-refractivity contribution is 0.0730. The Morgan fingerprint density at radius 1 is 1.22 bits per heavy atom. The summed E-state index contributed by atoms with van der Waals surface area (Å²) < 4.78 is 32.8. The Balaban J connectivity index is 1.92. The minimum absolute atomic E-state index is 0.178. The van der Waals surface area contributed by atoms with E-state index >= 15 is 0 Å². The number of nitrogens with zero attached hydrogens (tertiary/aromatic N) is 2. The van der Waals surface area contributed by atoms with Crippen LogP contribution in [0.15, 0.2) is 41.4 Å². The van der Waals surface area contributed by atoms with Crippen LogP contribution in [0.25, 0.3) is 0 Å². The van der Waals surface area contributed by atoms with Crippen molar-refractivity contribution in [2.45, 2.75) is 25.2 Å². The van der Waals surface area contributed by atoms with E-state index in [1.807, 2.05) is 19.9 Å². The van der Waals surface area contributed by atoms with Gasteiger partial charge in [0.2, 0.25) is 10.0 Å². The van der Waals surface area contributed by atoms with Crippen molar-refractivity contribution in [2.24, 2.45) is 0 Å². The first kappa shape index (κ1) is 19.5. The lowest BCUT2D eigenvalue weighted by Gasteiger charge is -2.27. The van der Waals surface area contributed by atoms with Gasteiger partial charge in [0.1, 0.15) is 5.82 Å². The van der Waals surface area contributed by atoms with Crippen LogP contribution in [0.4, 0.5) is 5.82 Å². The van der Waals surface area contributed by atoms with Crippen molar-refractivity contribution in [3.63, 3.8) is 0 Å². The summed E-state index contributed by atoms with van der Waals surface area (Å²) in [5.41, 5.74) is 1.94. The minimum atomic E-state index is -3.68. The van der Waals surface area contributed by atoms with Crippen LogP contribution >= 0.6 is 0 Å². The number of carbonyl (C=O) groups is 1. The Morgan fingerprint density at radius 3 is 2.63 bits per heavy atom. The molecular formula is C19H23N3O4S. The molecular weight excluding hydrogens is 366 g/mol. The third kappa shape index (κ3) is 4.35. The van der Waals surface area contributed by atoms with Gasteiger partial charge in [0.15, 0.2) is 0 Å². The van der Waals surface area contributed by atoms with Crippen molar-refractivity contribution in [1.29, 1.82) is 0 Å². The van der Waals surface area contributed by atoms with Gasteiger partial charge in [-0.1, -0.05) is 13.0 Å². The lowest BCUT2D eigenvalue weighted by Crippen LogP contribution is -2.41. The number of carbonyl (C=O) groups excluding carboxylic acids is 1. The van der Waals surface area contributed by atoms with Gasteiger partial charge in [-0.3, -0.25) is 4.79 Å². The van der Waals surface area contributed by atoms with Crippen molar-refractivity contribution in [3.8, 4) is 0 Å². The summed E-state index contributed by atoms with van der Waals surface area (Å²) in [5, 5.41) is 2.72. The third-order valence-corrected chi connectivity index (χ3v) is 6.44. The Kier molecular flexibility index (Phi) is 5.88. The van der Waals surface area contributed by atoms with Gasteiger partial charge in [-0.2, -0.15) is 4.31 Å². The van der Waals surface area contributed by atoms with Crippen LogP contribution in [-0.4, -0.2) is 49.9 Å². The molecule has 0 aliphatic carbocycles. The molecule has 1 aromatic heterocycles. The van der Waals surface area contributed by atoms with Gasteiger partial charge >= 0.3 is 0 Å². The molecule has 0 bridgehead atoms. The fourth-order valence-electron chi connectivity index (χ4n) is 2.95. The Bertz CT molecular complexity index is 938. The number of nitrogens with one attached hydrogen (secondary N) is 1. The molecule has 0 radical (unpaired) electrons. The second-order valence-corrected chi connectivity index (χ2v) is 8.27. The fraction of sp³-hybridized carbons (Fsp3) is 0.368. The normalized spacial score (nSPS) is 15.5. The highest BCUT2D eigenvalue weighted by molar-refractivity contribution is 7.89. The third-order valence-electron chi connectivity index (χ3n) is 4.46. The van der Waals surface area contributed by atoms with Gasteiger partial charge in [0, 0.05) is 24.8 Å². The first-order chi connectivity index (χ1) is 12.9. The average Bonchev–Trinajstić information content (AvgIpc) is 2.68. The topological polar surface area (TPSA) is 88.6 Å². The van der Waals surface area contributed by atoms with Crippen LogP contribution in [0, 0.1) is 6.92 Å². The van der Waals surface area contributed by atoms with Gasteiger partial charge in [-0.15, -0.1) is 0 Å². The minimum Gasteiger partial charge on any atom is -0.379 e. The number of aryl methyl sites for hydroxylation is 2. The number of aromatic nitrogens is 1. The second-order valence-electron chi connectivity index (χ2n) is 6.37. The van der Waals surface area contributed by atoms with Crippen molar-refractivity contribution < 1.29 is 17.9 Å². The Hall–Kier alpha value is -2.29. The van der Waals surface area contributed by atoms with Crippen LogP contribution < -0.4 is 5.32 Å². The number of amides is 1. The molecule has 1 aromatic carbocycles. The van der Waals surface area contributed by atoms with E-state index in [0.29, 0.717) is 44.1 Å². The standard InChI is InChI=1S/C19H23N3O4S/c1-3-15-4-5-16(19(23)21-18-12-14(2)6-7-20-18)13-17(15)27(24,25)22-8-10-26-11-9-22/h4-7,12-13H,3,8-11H2,1-2H3,(H,20,21,23). The van der Waals surface area contributed by atoms with E-state index in [2.05, 4.69) is 10.3 Å². The van der Waals surface area contributed by atoms with Crippen LogP contribution in [-0.2, 0) is 21.2 Å². The fourth-order valence-corrected chi connectivity index (χ4v) is 4.67. The number of sulfonamides is 1. The van der Waals surface area contributed by atoms with Crippen molar-refractivity contribution >= 4 is 21.7 Å². The Morgan fingerprint density at radius 2 is 1.96 bits per heavy atom. The van der Waals surface area contributed by atoms with Crippen molar-refractivity contribution in [3.05, 3.63) is 53.2 Å². The zero-order valence-electron chi connectivity index (χ0n) is 15.4. The lowest BCUT2D eigenvalue weighted by atomic mass is 10.1. The number of anilines is 1. The van der Waals surface area contributed by atoms with Gasteiger partial charge < -0.3 is 10.1 Å². The Labute approximate surface area is 159 Å². The molecule has 144 valence electrons. The highest BCUT2D eigenvalue weighted by Gasteiger charge is 2.29. The number of hydrogen-bond donors (Lipinski definition) is 1. The first-order valence-corrected chi connectivity index (χ1v) is 10.3. The molecule has 1 aliphatic heterocycles. The zero-order chi connectivity index (χ0) is 19.4. The maximum atomic E-state index is 13.1. The van der Waals surface area contributed by atoms with E-state index in [0.717, 1.165) is 5.56 Å². The van der Waals surface area contributed by atoms with Crippen LogP contribution in [0.1, 0.15) is 28.4 Å². The van der Waals surface area contributed by atoms with Crippen LogP contribution in [0.5, 0.6) is 0 Å². The number of pyridine rings is 1. The van der Waals surface area contributed by atoms with Gasteiger partial charge in [-0.05, 0) is 48.7 Å². The number of morpholine rings is 1. The molecule has 27 heavy (non-hydrogen) atoms. The SMILES string of the molecule is CCc1ccc(C(=O)Nc2cc(C)ccn2)cc1S(=O)(=O)N1CCOCC1. The molecule has 2 aromatic rings. The van der Waals surface area contributed by atoms with Gasteiger partial charge in [-0.25, -0.2) is 13.4 Å². The quantitative estimate of drug-likeness (QED) is 0.847. The predicted octanol–water partition coefficient (Wildman–Crippen LogP) is 2.23. The molecule has 0 atom stereocenters. The van der Waals surface area contributed by atoms with Crippen LogP contribution in [0.2, 0.25) is 0 Å². The molecule has 1 aliphatic rings. The average molecular weight is 389 g/mol. The maximum absolute atomic E-state index is 13.1. The molecule has 1 N–H and O–H groups in total. The second kappa shape index (κ2) is 8.16. The highest BCUT2D eigenvalue weighted by atomic mass is 32.2. The summed E-state index contributed by atoms with van der Waals surface area (Å²) in [7, 11) is -3.68.